The van der Waals surface area contributed by atoms with Gasteiger partial charge in [-0.25, -0.2) is 40.0 Å². The van der Waals surface area contributed by atoms with Gasteiger partial charge in [0.05, 0.1) is 49.9 Å². The molecule has 1 amide bonds. The highest BCUT2D eigenvalue weighted by atomic mass is 32.2. The summed E-state index contributed by atoms with van der Waals surface area (Å²) >= 11 is 0. The first-order valence-electron chi connectivity index (χ1n) is 16.7. The molecule has 1 aliphatic heterocycles. The number of amides is 1. The molecular formula is C37H33F3N6O7S2. The average molecular weight is 795 g/mol. The fraction of sp³-hybridized carbons (Fsp3) is 0.216. The second kappa shape index (κ2) is 13.9. The van der Waals surface area contributed by atoms with Crippen LogP contribution in [0.4, 0.5) is 18.9 Å². The Balaban J connectivity index is 0.000000875. The standard InChI is InChI=1S/C36H29F3N6O4S.CH4O3S/c1-40-36(46)33-24-13-23(29(43(2)50(3,47)48)15-31(24)49-35(33)19-7-9-20(37)10-8-19)26-11-12-27-34(42-26)30-14-22-25(39)5-4-6-28(22)45(30)32(41-27)18-44-16-21(38)17-44;1-5(2,3)4/h4-15,21H,16-18H2,1-3H3,(H,40,46);1H3,(H,2,3,4). The number of benzene rings is 3. The molecule has 0 spiro atoms. The number of carbonyl (C=O) groups excluding carboxylic acids is 1. The Hall–Kier alpha value is -5.56. The van der Waals surface area contributed by atoms with Gasteiger partial charge in [0, 0.05) is 48.3 Å². The molecule has 18 heteroatoms. The van der Waals surface area contributed by atoms with Gasteiger partial charge >= 0.3 is 0 Å². The summed E-state index contributed by atoms with van der Waals surface area (Å²) < 4.78 is 105. The van der Waals surface area contributed by atoms with E-state index in [-0.39, 0.29) is 22.6 Å². The maximum Gasteiger partial charge on any atom is 0.255 e. The summed E-state index contributed by atoms with van der Waals surface area (Å²) in [6.45, 7) is 1.15. The van der Waals surface area contributed by atoms with Crippen molar-refractivity contribution < 1.29 is 48.7 Å². The number of carbonyl (C=O) groups is 1. The number of pyridine rings is 1. The maximum absolute atomic E-state index is 15.1. The predicted octanol–water partition coefficient (Wildman–Crippen LogP) is 4.05. The van der Waals surface area contributed by atoms with Crippen molar-refractivity contribution in [3.8, 4) is 22.6 Å². The molecule has 1 fully saturated rings. The monoisotopic (exact) mass is 794 g/mol. The number of rotatable bonds is 7. The van der Waals surface area contributed by atoms with Crippen molar-refractivity contribution in [1.82, 2.24) is 19.7 Å². The molecule has 7 aromatic rings. The molecule has 0 atom stereocenters. The first-order chi connectivity index (χ1) is 25.9. The molecule has 13 nitrogen and oxygen atoms in total. The summed E-state index contributed by atoms with van der Waals surface area (Å²) in [6.07, 6.45) is 0.802. The maximum atomic E-state index is 15.1. The third-order valence-corrected chi connectivity index (χ3v) is 10.5. The largest absolute Gasteiger partial charge is 0.748 e. The Labute approximate surface area is 312 Å². The highest BCUT2D eigenvalue weighted by Gasteiger charge is 2.33. The summed E-state index contributed by atoms with van der Waals surface area (Å²) in [7, 11) is -4.84. The van der Waals surface area contributed by atoms with E-state index in [1.807, 2.05) is 4.40 Å². The van der Waals surface area contributed by atoms with Crippen LogP contribution in [0.2, 0.25) is 0 Å². The normalized spacial score (nSPS) is 15.9. The first-order valence-corrected chi connectivity index (χ1v) is 20.4. The fourth-order valence-electron chi connectivity index (χ4n) is 6.70. The van der Waals surface area contributed by atoms with Gasteiger partial charge in [0.1, 0.15) is 48.1 Å². The predicted molar refractivity (Wildman–Crippen MR) is 200 cm³/mol. The van der Waals surface area contributed by atoms with Gasteiger partial charge in [0.25, 0.3) is 5.91 Å². The van der Waals surface area contributed by atoms with Crippen LogP contribution < -0.4 is 14.5 Å². The Morgan fingerprint density at radius 2 is 1.67 bits per heavy atom. The van der Waals surface area contributed by atoms with Crippen LogP contribution in [0, 0.1) is 11.6 Å². The quantitative estimate of drug-likeness (QED) is 0.226. The summed E-state index contributed by atoms with van der Waals surface area (Å²) in [5, 5.41) is 3.39. The number of fused-ring (bicyclic) bond motifs is 6. The van der Waals surface area contributed by atoms with Gasteiger partial charge in [0.15, 0.2) is 12.0 Å². The van der Waals surface area contributed by atoms with Crippen molar-refractivity contribution in [3.05, 3.63) is 95.8 Å². The molecule has 1 saturated heterocycles. The summed E-state index contributed by atoms with van der Waals surface area (Å²) in [6, 6.07) is 18.6. The molecule has 3 aromatic carbocycles. The van der Waals surface area contributed by atoms with E-state index >= 15 is 4.39 Å². The van der Waals surface area contributed by atoms with Crippen LogP contribution in [0.15, 0.2) is 77.2 Å². The van der Waals surface area contributed by atoms with E-state index in [0.29, 0.717) is 81.4 Å². The zero-order valence-electron chi connectivity index (χ0n) is 29.7. The lowest BCUT2D eigenvalue weighted by Gasteiger charge is -2.30. The topological polar surface area (TPSA) is 171 Å². The molecule has 5 heterocycles. The van der Waals surface area contributed by atoms with E-state index in [1.54, 1.807) is 36.4 Å². The second-order valence-corrected chi connectivity index (χ2v) is 16.7. The lowest BCUT2D eigenvalue weighted by atomic mass is 10.0. The third-order valence-electron chi connectivity index (χ3n) is 9.32. The summed E-state index contributed by atoms with van der Waals surface area (Å²) in [4.78, 5) is 24.3. The summed E-state index contributed by atoms with van der Waals surface area (Å²) in [5.41, 5.74) is 3.92. The molecule has 2 N–H and O–H groups in total. The molecule has 0 radical (unpaired) electrons. The minimum atomic E-state index is -3.92. The highest BCUT2D eigenvalue weighted by molar-refractivity contribution is 7.92. The van der Waals surface area contributed by atoms with Gasteiger partial charge in [-0.3, -0.25) is 13.5 Å². The number of alkyl halides is 1. The van der Waals surface area contributed by atoms with Gasteiger partial charge < -0.3 is 19.2 Å². The molecule has 0 saturated carbocycles. The number of nitrogens with zero attached hydrogens (tertiary/aromatic N) is 4. The Morgan fingerprint density at radius 3 is 2.31 bits per heavy atom. The van der Waals surface area contributed by atoms with Crippen LogP contribution in [-0.2, 0) is 26.7 Å². The zero-order valence-corrected chi connectivity index (χ0v) is 31.4. The number of nitrogens with one attached hydrogen (secondary N) is 2. The van der Waals surface area contributed by atoms with Crippen molar-refractivity contribution in [2.45, 2.75) is 12.7 Å². The Morgan fingerprint density at radius 1 is 0.982 bits per heavy atom. The molecule has 0 aliphatic carbocycles. The molecule has 286 valence electrons. The Bertz CT molecular complexity index is 2890. The average Bonchev–Trinajstić information content (AvgIpc) is 3.69. The van der Waals surface area contributed by atoms with Crippen LogP contribution in [0.25, 0.3) is 61.0 Å². The lowest BCUT2D eigenvalue weighted by Crippen LogP contribution is -3.19. The van der Waals surface area contributed by atoms with E-state index in [1.165, 1.54) is 50.5 Å². The van der Waals surface area contributed by atoms with Crippen LogP contribution in [0.5, 0.6) is 0 Å². The number of aromatic nitrogens is 3. The molecule has 8 rings (SSSR count). The van der Waals surface area contributed by atoms with E-state index in [9.17, 15) is 22.0 Å². The number of quaternary nitrogens is 1. The van der Waals surface area contributed by atoms with Crippen LogP contribution in [0.3, 0.4) is 0 Å². The van der Waals surface area contributed by atoms with E-state index < -0.39 is 43.9 Å². The van der Waals surface area contributed by atoms with E-state index in [4.69, 9.17) is 27.4 Å². The highest BCUT2D eigenvalue weighted by Crippen LogP contribution is 2.41. The van der Waals surface area contributed by atoms with Crippen LogP contribution in [-0.4, -0.2) is 87.5 Å². The van der Waals surface area contributed by atoms with Crippen molar-refractivity contribution in [2.24, 2.45) is 0 Å². The number of furan rings is 1. The number of likely N-dealkylation sites (tertiary alicyclic amines) is 1. The third kappa shape index (κ3) is 7.32. The SMILES string of the molecule is CNC(=O)c1c(-c2ccc(F)cc2)oc2cc(N(C)S(C)(=O)=O)c(-c3ccc4nc(C[NH+]5CC(F)C5)n5c6cccc(F)c6cc5c4n3)cc12.CS(=O)(=O)[O-]. The van der Waals surface area contributed by atoms with Crippen molar-refractivity contribution >= 4 is 70.2 Å². The minimum Gasteiger partial charge on any atom is -0.748 e. The number of hydrogen-bond donors (Lipinski definition) is 2. The van der Waals surface area contributed by atoms with Gasteiger partial charge in [-0.15, -0.1) is 0 Å². The Kier molecular flexibility index (Phi) is 9.56. The fourth-order valence-corrected chi connectivity index (χ4v) is 7.21. The lowest BCUT2D eigenvalue weighted by molar-refractivity contribution is -0.959. The first kappa shape index (κ1) is 37.7. The smallest absolute Gasteiger partial charge is 0.255 e. The van der Waals surface area contributed by atoms with E-state index in [0.717, 1.165) is 15.5 Å². The molecule has 0 unspecified atom stereocenters. The van der Waals surface area contributed by atoms with Crippen LogP contribution in [0.1, 0.15) is 16.2 Å². The number of sulfonamides is 1. The van der Waals surface area contributed by atoms with Crippen molar-refractivity contribution in [2.75, 3.05) is 44.0 Å². The van der Waals surface area contributed by atoms with Crippen molar-refractivity contribution in [1.29, 1.82) is 0 Å². The number of hydrogen-bond acceptors (Lipinski definition) is 9. The number of anilines is 1. The molecule has 0 bridgehead atoms. The van der Waals surface area contributed by atoms with Gasteiger partial charge in [0.2, 0.25) is 10.0 Å². The van der Waals surface area contributed by atoms with Crippen LogP contribution >= 0.6 is 0 Å². The van der Waals surface area contributed by atoms with Crippen molar-refractivity contribution in [3.63, 3.8) is 0 Å². The molecular weight excluding hydrogens is 762 g/mol. The summed E-state index contributed by atoms with van der Waals surface area (Å²) in [5.74, 6) is -0.529. The molecule has 4 aromatic heterocycles. The number of halogens is 3. The molecule has 55 heavy (non-hydrogen) atoms. The molecule has 1 aliphatic rings. The zero-order chi connectivity index (χ0) is 39.6. The van der Waals surface area contributed by atoms with E-state index in [2.05, 4.69) is 5.32 Å². The van der Waals surface area contributed by atoms with Gasteiger partial charge in [-0.05, 0) is 60.7 Å². The van der Waals surface area contributed by atoms with Gasteiger partial charge in [-0.1, -0.05) is 6.07 Å². The minimum absolute atomic E-state index is 0.177. The van der Waals surface area contributed by atoms with Gasteiger partial charge in [-0.2, -0.15) is 0 Å². The second-order valence-electron chi connectivity index (χ2n) is 13.3.